The summed E-state index contributed by atoms with van der Waals surface area (Å²) in [5, 5.41) is 208. The van der Waals surface area contributed by atoms with E-state index in [-0.39, 0.29) is 36.5 Å². The van der Waals surface area contributed by atoms with Gasteiger partial charge in [-0.15, -0.1) is 0 Å². The van der Waals surface area contributed by atoms with E-state index in [0.29, 0.717) is 38.5 Å². The summed E-state index contributed by atoms with van der Waals surface area (Å²) in [5.41, 5.74) is -3.80. The van der Waals surface area contributed by atoms with Crippen molar-refractivity contribution >= 4 is 5.97 Å². The molecular weight excluding hydrogens is 1200 g/mol. The molecule has 7 unspecified atom stereocenters. The highest BCUT2D eigenvalue weighted by molar-refractivity contribution is 5.80. The summed E-state index contributed by atoms with van der Waals surface area (Å²) in [6.45, 7) is 7.77. The van der Waals surface area contributed by atoms with E-state index in [9.17, 15) is 102 Å². The number of ether oxygens (including phenoxy) is 10. The summed E-state index contributed by atoms with van der Waals surface area (Å²) >= 11 is 0. The molecule has 30 nitrogen and oxygen atoms in total. The van der Waals surface area contributed by atoms with Crippen LogP contribution >= 0.6 is 0 Å². The van der Waals surface area contributed by atoms with Crippen molar-refractivity contribution in [1.29, 1.82) is 0 Å². The molecule has 19 N–H and O–H groups in total. The average Bonchev–Trinajstić information content (AvgIpc) is 0.675. The Labute approximate surface area is 520 Å². The fourth-order valence-electron chi connectivity index (χ4n) is 18.1. The monoisotopic (exact) mass is 1300 g/mol. The van der Waals surface area contributed by atoms with Gasteiger partial charge in [-0.25, -0.2) is 0 Å². The first-order valence-corrected chi connectivity index (χ1v) is 31.6. The fourth-order valence-corrected chi connectivity index (χ4v) is 18.1. The Morgan fingerprint density at radius 1 is 0.467 bits per heavy atom. The molecule has 4 saturated carbocycles. The maximum absolute atomic E-state index is 14.9. The predicted molar refractivity (Wildman–Crippen MR) is 298 cm³/mol. The van der Waals surface area contributed by atoms with Gasteiger partial charge in [0.15, 0.2) is 25.2 Å². The lowest BCUT2D eigenvalue weighted by Crippen LogP contribution is -2.70. The third-order valence-electron chi connectivity index (χ3n) is 23.7. The second-order valence-electron chi connectivity index (χ2n) is 29.0. The number of aliphatic hydroxyl groups is 19. The molecule has 5 heterocycles. The highest BCUT2D eigenvalue weighted by atomic mass is 16.8. The number of hydrogen-bond donors (Lipinski definition) is 19. The zero-order valence-corrected chi connectivity index (χ0v) is 51.5. The highest BCUT2D eigenvalue weighted by Crippen LogP contribution is 2.76. The minimum atomic E-state index is -2.17. The number of allylic oxidation sites excluding steroid dienone is 2. The minimum absolute atomic E-state index is 0.113. The summed E-state index contributed by atoms with van der Waals surface area (Å²) in [6.07, 6.45) is -42.5. The number of esters is 1. The normalized spacial score (nSPS) is 54.5. The number of aliphatic hydroxyl groups excluding tert-OH is 19. The van der Waals surface area contributed by atoms with Crippen molar-refractivity contribution in [2.45, 2.75) is 265 Å². The Morgan fingerprint density at radius 3 is 1.44 bits per heavy atom. The zero-order chi connectivity index (χ0) is 65.9. The summed E-state index contributed by atoms with van der Waals surface area (Å²) in [4.78, 5) is 14.9. The number of carbonyl (C=O) groups excluding carboxylic acids is 1. The molecular formula is C60H98O30. The van der Waals surface area contributed by atoms with Gasteiger partial charge in [0.05, 0.1) is 51.8 Å². The summed E-state index contributed by atoms with van der Waals surface area (Å²) in [6, 6.07) is 0. The van der Waals surface area contributed by atoms with Crippen molar-refractivity contribution in [3.8, 4) is 0 Å². The molecule has 35 atom stereocenters. The van der Waals surface area contributed by atoms with Gasteiger partial charge in [0.2, 0.25) is 6.29 Å². The molecule has 10 aliphatic rings. The van der Waals surface area contributed by atoms with Crippen molar-refractivity contribution < 1.29 is 149 Å². The van der Waals surface area contributed by atoms with E-state index < -0.39 is 244 Å². The Hall–Kier alpha value is -1.91. The SMILES string of the molecule is CC1(C)CCC2(C(=O)O[C@@H]3O[C@H](CO)[C@@H](O)[C@@H](O)[C@H]3O)C(C1)C1=CCC3C4(C)CCC(O[C@@H]5O[C@H](CO)[C@@H](O)[C@@H](O[C@@H]6O[C@H](CO)[C@@H](O)[C@@H](O[C@@H]7O[C@H](CO)[C@@H](O)[C@@H](O)[C@H]7O)[C@H]6O)[C@H]5O[C@@H]5O[C@H](CO)[C@@H](O)[C@@H](O)[C@H]5O)[C@@](C)(CO)C4CCC3(C)[C@]1(C)C[C@H]2O. The van der Waals surface area contributed by atoms with Crippen LogP contribution in [-0.2, 0) is 52.2 Å². The molecule has 0 bridgehead atoms. The molecule has 10 rings (SSSR count). The molecule has 0 amide bonds. The van der Waals surface area contributed by atoms with Crippen LogP contribution in [-0.4, -0.2) is 308 Å². The second kappa shape index (κ2) is 26.5. The number of carbonyl (C=O) groups is 1. The molecule has 9 fully saturated rings. The van der Waals surface area contributed by atoms with Gasteiger partial charge in [0, 0.05) is 5.41 Å². The third kappa shape index (κ3) is 11.6. The van der Waals surface area contributed by atoms with Crippen LogP contribution in [0.5, 0.6) is 0 Å². The van der Waals surface area contributed by atoms with E-state index in [0.717, 1.165) is 5.57 Å². The van der Waals surface area contributed by atoms with Crippen LogP contribution in [0.25, 0.3) is 0 Å². The van der Waals surface area contributed by atoms with Crippen LogP contribution in [0.4, 0.5) is 0 Å². The molecule has 5 aliphatic carbocycles. The zero-order valence-electron chi connectivity index (χ0n) is 51.5. The minimum Gasteiger partial charge on any atom is -0.432 e. The van der Waals surface area contributed by atoms with Gasteiger partial charge < -0.3 is 144 Å². The van der Waals surface area contributed by atoms with Gasteiger partial charge in [-0.1, -0.05) is 53.2 Å². The molecule has 5 aliphatic heterocycles. The van der Waals surface area contributed by atoms with Crippen molar-refractivity contribution in [2.75, 3.05) is 39.6 Å². The van der Waals surface area contributed by atoms with Crippen LogP contribution in [0.2, 0.25) is 0 Å². The Bertz CT molecular complexity index is 2490. The number of fused-ring (bicyclic) bond motifs is 7. The molecule has 0 radical (unpaired) electrons. The Morgan fingerprint density at radius 2 is 0.922 bits per heavy atom. The van der Waals surface area contributed by atoms with Gasteiger partial charge in [0.25, 0.3) is 0 Å². The quantitative estimate of drug-likeness (QED) is 0.0388. The first-order valence-electron chi connectivity index (χ1n) is 31.6. The second-order valence-corrected chi connectivity index (χ2v) is 29.0. The average molecular weight is 1300 g/mol. The van der Waals surface area contributed by atoms with Crippen LogP contribution in [0.1, 0.15) is 99.3 Å². The van der Waals surface area contributed by atoms with Gasteiger partial charge in [-0.05, 0) is 97.2 Å². The van der Waals surface area contributed by atoms with Crippen LogP contribution in [0.3, 0.4) is 0 Å². The predicted octanol–water partition coefficient (Wildman–Crippen LogP) is -6.27. The molecule has 518 valence electrons. The molecule has 0 aromatic carbocycles. The van der Waals surface area contributed by atoms with Crippen molar-refractivity contribution in [3.63, 3.8) is 0 Å². The molecule has 0 aromatic rings. The van der Waals surface area contributed by atoms with Crippen LogP contribution in [0.15, 0.2) is 11.6 Å². The van der Waals surface area contributed by atoms with Gasteiger partial charge in [0.1, 0.15) is 127 Å². The van der Waals surface area contributed by atoms with Gasteiger partial charge in [-0.3, -0.25) is 4.79 Å². The molecule has 0 spiro atoms. The topological polar surface area (TPSA) is 494 Å². The van der Waals surface area contributed by atoms with Crippen LogP contribution in [0, 0.1) is 50.2 Å². The lowest BCUT2D eigenvalue weighted by molar-refractivity contribution is -0.405. The van der Waals surface area contributed by atoms with Crippen molar-refractivity contribution in [1.82, 2.24) is 0 Å². The van der Waals surface area contributed by atoms with E-state index in [4.69, 9.17) is 47.4 Å². The summed E-state index contributed by atoms with van der Waals surface area (Å²) in [7, 11) is 0. The highest BCUT2D eigenvalue weighted by Gasteiger charge is 2.73. The van der Waals surface area contributed by atoms with E-state index >= 15 is 0 Å². The Kier molecular flexibility index (Phi) is 20.9. The van der Waals surface area contributed by atoms with Crippen molar-refractivity contribution in [2.24, 2.45) is 50.2 Å². The van der Waals surface area contributed by atoms with Gasteiger partial charge in [-0.2, -0.15) is 0 Å². The smallest absolute Gasteiger partial charge is 0.317 e. The lowest BCUT2D eigenvalue weighted by atomic mass is 9.33. The molecule has 0 aromatic heterocycles. The summed E-state index contributed by atoms with van der Waals surface area (Å²) < 4.78 is 60.4. The Balaban J connectivity index is 0.948. The maximum Gasteiger partial charge on any atom is 0.317 e. The van der Waals surface area contributed by atoms with Crippen molar-refractivity contribution in [3.05, 3.63) is 11.6 Å². The molecule has 5 saturated heterocycles. The maximum atomic E-state index is 14.9. The van der Waals surface area contributed by atoms with E-state index in [2.05, 4.69) is 40.7 Å². The fraction of sp³-hybridized carbons (Fsp3) is 0.950. The first-order chi connectivity index (χ1) is 42.3. The third-order valence-corrected chi connectivity index (χ3v) is 23.7. The first kappa shape index (κ1) is 70.9. The largest absolute Gasteiger partial charge is 0.432 e. The molecule has 30 heteroatoms. The lowest BCUT2D eigenvalue weighted by Gasteiger charge is -2.72. The van der Waals surface area contributed by atoms with E-state index in [1.54, 1.807) is 0 Å². The number of hydrogen-bond acceptors (Lipinski definition) is 30. The van der Waals surface area contributed by atoms with E-state index in [1.807, 2.05) is 6.92 Å². The number of rotatable bonds is 16. The van der Waals surface area contributed by atoms with Crippen LogP contribution < -0.4 is 0 Å². The van der Waals surface area contributed by atoms with E-state index in [1.165, 1.54) is 0 Å². The standard InChI is InChI=1S/C60H98O30/c1-55(2)13-14-60(54(80)90-51-44(78)41(75)36(70)27(19-63)83-51)24(15-55)23-7-8-31-56(3)11-10-33(57(4,22-66)30(56)9-12-58(31,5)59(23,6)16-32(60)67)86-53-48(89-50-43(77)40(74)35(69)26(18-62)82-50)47(38(72)29(21-65)85-53)88-52-45(79)46(37(71)28(20-64)84-52)87-49-42(76)39(73)34(68)25(17-61)81-49/h7,24-53,61-79H,8-22H2,1-6H3/t24?,25-,26-,27-,28-,29-,30?,31?,32-,33?,34-,35-,36-,37-,38-,39-,40-,41-,42-,43-,44-,45-,46-,47-,48-,49+,50+,51+,52+,53+,56?,57+,58?,59-,60?/m1/s1. The van der Waals surface area contributed by atoms with Gasteiger partial charge >= 0.3 is 5.97 Å². The summed E-state index contributed by atoms with van der Waals surface area (Å²) in [5.74, 6) is -1.81. The molecule has 90 heavy (non-hydrogen) atoms.